The van der Waals surface area contributed by atoms with Crippen LogP contribution < -0.4 is 10.9 Å². The number of nitrogens with zero attached hydrogens (tertiary/aromatic N) is 1. The quantitative estimate of drug-likeness (QED) is 0.790. The van der Waals surface area contributed by atoms with Gasteiger partial charge in [-0.25, -0.2) is 5.10 Å². The third-order valence-electron chi connectivity index (χ3n) is 2.49. The van der Waals surface area contributed by atoms with Gasteiger partial charge in [0.1, 0.15) is 0 Å². The Bertz CT molecular complexity index is 371. The predicted octanol–water partition coefficient (Wildman–Crippen LogP) is 0.999. The molecule has 14 heavy (non-hydrogen) atoms. The molecule has 0 amide bonds. The Hall–Kier alpha value is -0.680. The van der Waals surface area contributed by atoms with Gasteiger partial charge in [-0.1, -0.05) is 0 Å². The predicted molar refractivity (Wildman–Crippen MR) is 57.4 cm³/mol. The Morgan fingerprint density at radius 2 is 2.43 bits per heavy atom. The van der Waals surface area contributed by atoms with Crippen LogP contribution in [-0.2, 0) is 0 Å². The van der Waals surface area contributed by atoms with Crippen LogP contribution in [0.5, 0.6) is 0 Å². The van der Waals surface area contributed by atoms with E-state index in [0.29, 0.717) is 10.4 Å². The average Bonchev–Trinajstić information content (AvgIpc) is 2.23. The number of H-pyrrole nitrogens is 1. The molecule has 0 radical (unpaired) electrons. The Kier molecular flexibility index (Phi) is 2.98. The van der Waals surface area contributed by atoms with Crippen molar-refractivity contribution in [1.82, 2.24) is 15.5 Å². The maximum absolute atomic E-state index is 11.1. The molecule has 1 aliphatic rings. The van der Waals surface area contributed by atoms with E-state index < -0.39 is 0 Å². The van der Waals surface area contributed by atoms with Gasteiger partial charge in [-0.2, -0.15) is 5.10 Å². The molecule has 1 atom stereocenters. The number of piperidine rings is 1. The molecule has 1 aromatic rings. The summed E-state index contributed by atoms with van der Waals surface area (Å²) in [7, 11) is 0. The van der Waals surface area contributed by atoms with Gasteiger partial charge in [-0.05, 0) is 41.4 Å². The molecule has 2 N–H and O–H groups in total. The zero-order chi connectivity index (χ0) is 9.97. The Balaban J connectivity index is 2.22. The van der Waals surface area contributed by atoms with E-state index in [2.05, 4.69) is 31.4 Å². The summed E-state index contributed by atoms with van der Waals surface area (Å²) in [6, 6.07) is 1.82. The van der Waals surface area contributed by atoms with E-state index in [9.17, 15) is 4.79 Å². The normalized spacial score (nSPS) is 22.2. The number of hydrogen-bond acceptors (Lipinski definition) is 3. The van der Waals surface area contributed by atoms with E-state index in [1.165, 1.54) is 6.42 Å². The van der Waals surface area contributed by atoms with Gasteiger partial charge in [-0.3, -0.25) is 4.79 Å². The van der Waals surface area contributed by atoms with Crippen LogP contribution in [0.3, 0.4) is 0 Å². The summed E-state index contributed by atoms with van der Waals surface area (Å²) in [4.78, 5) is 11.1. The minimum atomic E-state index is -0.169. The summed E-state index contributed by atoms with van der Waals surface area (Å²) in [6.07, 6.45) is 2.31. The molecule has 2 rings (SSSR count). The van der Waals surface area contributed by atoms with E-state index in [0.717, 1.165) is 25.2 Å². The summed E-state index contributed by atoms with van der Waals surface area (Å²) in [5.74, 6) is 0.428. The molecule has 0 aromatic carbocycles. The second kappa shape index (κ2) is 4.23. The van der Waals surface area contributed by atoms with Crippen molar-refractivity contribution >= 4 is 15.9 Å². The molecule has 2 heterocycles. The lowest BCUT2D eigenvalue weighted by molar-refractivity contribution is 0.451. The summed E-state index contributed by atoms with van der Waals surface area (Å²) in [6.45, 7) is 2.03. The van der Waals surface area contributed by atoms with Crippen molar-refractivity contribution in [2.24, 2.45) is 0 Å². The Labute approximate surface area is 90.2 Å². The zero-order valence-corrected chi connectivity index (χ0v) is 9.30. The molecule has 0 spiro atoms. The summed E-state index contributed by atoms with van der Waals surface area (Å²) in [5.41, 5.74) is 0.793. The molecule has 1 aliphatic heterocycles. The number of aromatic amines is 1. The van der Waals surface area contributed by atoms with Crippen LogP contribution >= 0.6 is 15.9 Å². The number of hydrogen-bond donors (Lipinski definition) is 2. The molecule has 0 bridgehead atoms. The van der Waals surface area contributed by atoms with Crippen LogP contribution in [0.1, 0.15) is 24.5 Å². The molecular formula is C9H12BrN3O. The number of rotatable bonds is 1. The molecule has 1 fully saturated rings. The zero-order valence-electron chi connectivity index (χ0n) is 7.72. The van der Waals surface area contributed by atoms with Crippen LogP contribution in [0.4, 0.5) is 0 Å². The summed E-state index contributed by atoms with van der Waals surface area (Å²) >= 11 is 3.21. The highest BCUT2D eigenvalue weighted by atomic mass is 79.9. The average molecular weight is 258 g/mol. The number of halogens is 1. The Morgan fingerprint density at radius 1 is 1.57 bits per heavy atom. The third-order valence-corrected chi connectivity index (χ3v) is 3.08. The molecule has 0 saturated carbocycles. The van der Waals surface area contributed by atoms with Crippen LogP contribution in [0.25, 0.3) is 0 Å². The van der Waals surface area contributed by atoms with Crippen molar-refractivity contribution in [1.29, 1.82) is 0 Å². The highest BCUT2D eigenvalue weighted by molar-refractivity contribution is 9.10. The summed E-state index contributed by atoms with van der Waals surface area (Å²) < 4.78 is 0.563. The second-order valence-electron chi connectivity index (χ2n) is 3.51. The first kappa shape index (κ1) is 9.86. The lowest BCUT2D eigenvalue weighted by atomic mass is 9.96. The van der Waals surface area contributed by atoms with Crippen molar-refractivity contribution in [3.63, 3.8) is 0 Å². The fourth-order valence-electron chi connectivity index (χ4n) is 1.71. The fraction of sp³-hybridized carbons (Fsp3) is 0.556. The number of aromatic nitrogens is 2. The van der Waals surface area contributed by atoms with E-state index in [4.69, 9.17) is 0 Å². The lowest BCUT2D eigenvalue weighted by Crippen LogP contribution is -2.29. The van der Waals surface area contributed by atoms with Crippen molar-refractivity contribution < 1.29 is 0 Å². The topological polar surface area (TPSA) is 57.8 Å². The monoisotopic (exact) mass is 257 g/mol. The summed E-state index contributed by atoms with van der Waals surface area (Å²) in [5, 5.41) is 9.86. The van der Waals surface area contributed by atoms with E-state index in [-0.39, 0.29) is 5.56 Å². The highest BCUT2D eigenvalue weighted by Gasteiger charge is 2.17. The molecular weight excluding hydrogens is 246 g/mol. The first-order valence-corrected chi connectivity index (χ1v) is 5.52. The van der Waals surface area contributed by atoms with Crippen molar-refractivity contribution in [3.8, 4) is 0 Å². The van der Waals surface area contributed by atoms with E-state index in [1.54, 1.807) is 0 Å². The van der Waals surface area contributed by atoms with Gasteiger partial charge in [0.05, 0.1) is 10.2 Å². The van der Waals surface area contributed by atoms with Crippen LogP contribution in [0, 0.1) is 0 Å². The fourth-order valence-corrected chi connectivity index (χ4v) is 2.03. The smallest absolute Gasteiger partial charge is 0.278 e. The van der Waals surface area contributed by atoms with Crippen LogP contribution in [0.2, 0.25) is 0 Å². The molecule has 1 aromatic heterocycles. The minimum Gasteiger partial charge on any atom is -0.316 e. The van der Waals surface area contributed by atoms with Gasteiger partial charge < -0.3 is 5.32 Å². The van der Waals surface area contributed by atoms with Gasteiger partial charge in [-0.15, -0.1) is 0 Å². The maximum atomic E-state index is 11.1. The van der Waals surface area contributed by atoms with Crippen molar-refractivity contribution in [2.45, 2.75) is 18.8 Å². The standard InChI is InChI=1S/C9H12BrN3O/c10-7-4-8(12-13-9(7)14)6-2-1-3-11-5-6/h4,6,11H,1-3,5H2,(H,13,14). The third kappa shape index (κ3) is 2.04. The SMILES string of the molecule is O=c1[nH]nc(C2CCCNC2)cc1Br. The van der Waals surface area contributed by atoms with Gasteiger partial charge in [0, 0.05) is 12.5 Å². The van der Waals surface area contributed by atoms with Gasteiger partial charge in [0.2, 0.25) is 0 Å². The molecule has 1 unspecified atom stereocenters. The highest BCUT2D eigenvalue weighted by Crippen LogP contribution is 2.21. The molecule has 5 heteroatoms. The van der Waals surface area contributed by atoms with E-state index in [1.807, 2.05) is 6.07 Å². The number of nitrogens with one attached hydrogen (secondary N) is 2. The van der Waals surface area contributed by atoms with Crippen LogP contribution in [-0.4, -0.2) is 23.3 Å². The van der Waals surface area contributed by atoms with Gasteiger partial charge in [0.15, 0.2) is 0 Å². The Morgan fingerprint density at radius 3 is 3.07 bits per heavy atom. The molecule has 0 aliphatic carbocycles. The molecule has 4 nitrogen and oxygen atoms in total. The van der Waals surface area contributed by atoms with Gasteiger partial charge in [0.25, 0.3) is 5.56 Å². The van der Waals surface area contributed by atoms with Crippen molar-refractivity contribution in [3.05, 3.63) is 26.6 Å². The first-order valence-electron chi connectivity index (χ1n) is 4.73. The van der Waals surface area contributed by atoms with Crippen molar-refractivity contribution in [2.75, 3.05) is 13.1 Å². The minimum absolute atomic E-state index is 0.169. The van der Waals surface area contributed by atoms with Crippen LogP contribution in [0.15, 0.2) is 15.3 Å². The first-order chi connectivity index (χ1) is 6.77. The largest absolute Gasteiger partial charge is 0.316 e. The molecule has 1 saturated heterocycles. The second-order valence-corrected chi connectivity index (χ2v) is 4.37. The van der Waals surface area contributed by atoms with Gasteiger partial charge >= 0.3 is 0 Å². The maximum Gasteiger partial charge on any atom is 0.278 e. The molecule has 76 valence electrons. The lowest BCUT2D eigenvalue weighted by Gasteiger charge is -2.21. The van der Waals surface area contributed by atoms with E-state index >= 15 is 0 Å².